The van der Waals surface area contributed by atoms with Crippen LogP contribution < -0.4 is 15.4 Å². The third-order valence-corrected chi connectivity index (χ3v) is 6.17. The number of aryl methyl sites for hydroxylation is 1. The Morgan fingerprint density at radius 1 is 1.21 bits per heavy atom. The van der Waals surface area contributed by atoms with Crippen molar-refractivity contribution in [2.45, 2.75) is 6.92 Å². The SMILES string of the molecule is Cc1ccc(-c2c(Br)cccc2OCN2C=c3cnoc3=CC2)n1-c1cccc(C(=O)O)c1. The molecule has 33 heavy (non-hydrogen) atoms. The number of rotatable bonds is 6. The molecule has 0 unspecified atom stereocenters. The van der Waals surface area contributed by atoms with Gasteiger partial charge in [0.15, 0.2) is 12.1 Å². The van der Waals surface area contributed by atoms with E-state index in [1.165, 1.54) is 0 Å². The Labute approximate surface area is 197 Å². The molecular formula is C25H20BrN3O4. The molecule has 0 atom stereocenters. The van der Waals surface area contributed by atoms with Crippen molar-refractivity contribution >= 4 is 34.2 Å². The zero-order valence-electron chi connectivity index (χ0n) is 17.7. The van der Waals surface area contributed by atoms with Crippen LogP contribution >= 0.6 is 15.9 Å². The van der Waals surface area contributed by atoms with E-state index in [1.54, 1.807) is 24.4 Å². The average molecular weight is 506 g/mol. The van der Waals surface area contributed by atoms with E-state index in [2.05, 4.69) is 21.1 Å². The molecule has 0 spiro atoms. The van der Waals surface area contributed by atoms with Gasteiger partial charge in [-0.25, -0.2) is 4.79 Å². The van der Waals surface area contributed by atoms with Gasteiger partial charge in [0.1, 0.15) is 5.75 Å². The third-order valence-electron chi connectivity index (χ3n) is 5.50. The largest absolute Gasteiger partial charge is 0.478 e. The summed E-state index contributed by atoms with van der Waals surface area (Å²) >= 11 is 3.68. The first-order chi connectivity index (χ1) is 16.0. The molecule has 1 aliphatic heterocycles. The van der Waals surface area contributed by atoms with E-state index in [0.29, 0.717) is 19.0 Å². The Morgan fingerprint density at radius 3 is 2.91 bits per heavy atom. The number of aromatic nitrogens is 2. The van der Waals surface area contributed by atoms with E-state index in [9.17, 15) is 9.90 Å². The number of halogens is 1. The molecule has 0 fully saturated rings. The van der Waals surface area contributed by atoms with Crippen LogP contribution in [0, 0.1) is 6.92 Å². The molecule has 0 aliphatic carbocycles. The lowest BCUT2D eigenvalue weighted by atomic mass is 10.1. The fourth-order valence-corrected chi connectivity index (χ4v) is 4.48. The standard InChI is InChI=1S/C25H20BrN3O4/c1-16-8-9-21(29(16)19-5-2-4-17(12-19)25(30)31)24-20(26)6-3-7-23(24)32-15-28-11-10-22-18(14-28)13-27-33-22/h2-10,12-14H,11,15H2,1H3,(H,30,31). The van der Waals surface area contributed by atoms with Gasteiger partial charge in [-0.05, 0) is 71.4 Å². The van der Waals surface area contributed by atoms with E-state index in [4.69, 9.17) is 9.26 Å². The minimum Gasteiger partial charge on any atom is -0.478 e. The van der Waals surface area contributed by atoms with Crippen molar-refractivity contribution in [2.75, 3.05) is 13.3 Å². The van der Waals surface area contributed by atoms with E-state index < -0.39 is 5.97 Å². The van der Waals surface area contributed by atoms with Gasteiger partial charge in [-0.15, -0.1) is 0 Å². The van der Waals surface area contributed by atoms with Crippen molar-refractivity contribution in [3.63, 3.8) is 0 Å². The Balaban J connectivity index is 1.51. The highest BCUT2D eigenvalue weighted by Gasteiger charge is 2.18. The van der Waals surface area contributed by atoms with Gasteiger partial charge in [-0.3, -0.25) is 0 Å². The smallest absolute Gasteiger partial charge is 0.335 e. The molecule has 1 N–H and O–H groups in total. The predicted octanol–water partition coefficient (Wildman–Crippen LogP) is 3.77. The highest BCUT2D eigenvalue weighted by Crippen LogP contribution is 2.39. The highest BCUT2D eigenvalue weighted by atomic mass is 79.9. The summed E-state index contributed by atoms with van der Waals surface area (Å²) in [6, 6.07) is 16.8. The normalized spacial score (nSPS) is 12.6. The van der Waals surface area contributed by atoms with E-state index in [1.807, 2.05) is 65.1 Å². The summed E-state index contributed by atoms with van der Waals surface area (Å²) in [5, 5.41) is 14.2. The van der Waals surface area contributed by atoms with E-state index >= 15 is 0 Å². The lowest BCUT2D eigenvalue weighted by molar-refractivity contribution is 0.0697. The molecule has 0 saturated carbocycles. The second-order valence-electron chi connectivity index (χ2n) is 7.69. The topological polar surface area (TPSA) is 80.7 Å². The highest BCUT2D eigenvalue weighted by molar-refractivity contribution is 9.10. The fourth-order valence-electron chi connectivity index (χ4n) is 3.93. The molecule has 2 aromatic heterocycles. The Hall–Kier alpha value is -3.78. The van der Waals surface area contributed by atoms with Crippen LogP contribution in [-0.4, -0.2) is 39.0 Å². The van der Waals surface area contributed by atoms with Crippen LogP contribution in [0.4, 0.5) is 0 Å². The molecular weight excluding hydrogens is 486 g/mol. The van der Waals surface area contributed by atoms with Crippen molar-refractivity contribution in [3.8, 4) is 22.7 Å². The fraction of sp³-hybridized carbons (Fsp3) is 0.120. The van der Waals surface area contributed by atoms with Gasteiger partial charge >= 0.3 is 5.97 Å². The van der Waals surface area contributed by atoms with Gasteiger partial charge in [-0.1, -0.05) is 17.3 Å². The maximum Gasteiger partial charge on any atom is 0.335 e. The third kappa shape index (κ3) is 4.05. The van der Waals surface area contributed by atoms with Crippen LogP contribution in [0.15, 0.2) is 69.8 Å². The molecule has 5 rings (SSSR count). The van der Waals surface area contributed by atoms with Gasteiger partial charge in [0.25, 0.3) is 0 Å². The zero-order valence-corrected chi connectivity index (χ0v) is 19.3. The van der Waals surface area contributed by atoms with Crippen LogP contribution in [0.1, 0.15) is 16.1 Å². The molecule has 7 nitrogen and oxygen atoms in total. The number of benzene rings is 2. The quantitative estimate of drug-likeness (QED) is 0.429. The van der Waals surface area contributed by atoms with E-state index in [-0.39, 0.29) is 5.56 Å². The molecule has 0 bridgehead atoms. The number of carboxylic acids is 1. The van der Waals surface area contributed by atoms with Crippen molar-refractivity contribution < 1.29 is 19.2 Å². The van der Waals surface area contributed by atoms with Crippen LogP contribution in [0.2, 0.25) is 0 Å². The molecule has 166 valence electrons. The van der Waals surface area contributed by atoms with Gasteiger partial charge in [0.05, 0.1) is 28.2 Å². The number of nitrogens with zero attached hydrogens (tertiary/aromatic N) is 3. The number of carboxylic acid groups (broad SMARTS) is 1. The summed E-state index contributed by atoms with van der Waals surface area (Å²) in [5.74, 6) is -0.249. The molecule has 0 saturated heterocycles. The Morgan fingerprint density at radius 2 is 2.06 bits per heavy atom. The van der Waals surface area contributed by atoms with Crippen LogP contribution in [0.5, 0.6) is 5.75 Å². The minimum atomic E-state index is -0.960. The lowest BCUT2D eigenvalue weighted by Crippen LogP contribution is -2.34. The van der Waals surface area contributed by atoms with E-state index in [0.717, 1.165) is 37.7 Å². The Bertz CT molecular complexity index is 1470. The first-order valence-corrected chi connectivity index (χ1v) is 11.1. The number of hydrogen-bond donors (Lipinski definition) is 1. The van der Waals surface area contributed by atoms with Crippen LogP contribution in [0.25, 0.3) is 29.2 Å². The second kappa shape index (κ2) is 8.63. The van der Waals surface area contributed by atoms with Gasteiger partial charge in [-0.2, -0.15) is 0 Å². The first kappa shape index (κ1) is 21.1. The summed E-state index contributed by atoms with van der Waals surface area (Å²) in [6.07, 6.45) is 5.62. The summed E-state index contributed by atoms with van der Waals surface area (Å²) in [7, 11) is 0. The van der Waals surface area contributed by atoms with Crippen molar-refractivity contribution in [1.82, 2.24) is 14.6 Å². The lowest BCUT2D eigenvalue weighted by Gasteiger charge is -2.22. The molecule has 4 aromatic rings. The Kier molecular flexibility index (Phi) is 5.51. The predicted molar refractivity (Wildman–Crippen MR) is 127 cm³/mol. The van der Waals surface area contributed by atoms with Crippen molar-refractivity contribution in [1.29, 1.82) is 0 Å². The number of ether oxygens (including phenoxy) is 1. The number of carbonyl (C=O) groups is 1. The molecule has 2 aromatic carbocycles. The van der Waals surface area contributed by atoms with Crippen LogP contribution in [0.3, 0.4) is 0 Å². The monoisotopic (exact) mass is 505 g/mol. The summed E-state index contributed by atoms with van der Waals surface area (Å²) in [5.41, 5.74) is 4.54. The molecule has 1 aliphatic rings. The number of fused-ring (bicyclic) bond motifs is 1. The van der Waals surface area contributed by atoms with Crippen molar-refractivity contribution in [3.05, 3.63) is 87.2 Å². The maximum atomic E-state index is 11.5. The summed E-state index contributed by atoms with van der Waals surface area (Å²) in [6.45, 7) is 2.99. The van der Waals surface area contributed by atoms with Gasteiger partial charge < -0.3 is 23.8 Å². The second-order valence-corrected chi connectivity index (χ2v) is 8.54. The van der Waals surface area contributed by atoms with Gasteiger partial charge in [0.2, 0.25) is 0 Å². The molecule has 0 amide bonds. The maximum absolute atomic E-state index is 11.5. The zero-order chi connectivity index (χ0) is 22.9. The number of aromatic carboxylic acids is 1. The van der Waals surface area contributed by atoms with Gasteiger partial charge in [0, 0.05) is 28.6 Å². The molecule has 8 heteroatoms. The van der Waals surface area contributed by atoms with Crippen LogP contribution in [-0.2, 0) is 0 Å². The first-order valence-electron chi connectivity index (χ1n) is 10.3. The minimum absolute atomic E-state index is 0.236. The molecule has 0 radical (unpaired) electrons. The summed E-state index contributed by atoms with van der Waals surface area (Å²) in [4.78, 5) is 13.5. The molecule has 3 heterocycles. The number of hydrogen-bond acceptors (Lipinski definition) is 5. The van der Waals surface area contributed by atoms with Crippen molar-refractivity contribution in [2.24, 2.45) is 0 Å². The summed E-state index contributed by atoms with van der Waals surface area (Å²) < 4.78 is 14.4. The average Bonchev–Trinajstić information content (AvgIpc) is 3.43.